The number of aromatic nitrogens is 4. The number of fused-ring (bicyclic) bond motifs is 2. The highest BCUT2D eigenvalue weighted by atomic mass is 32.1. The lowest BCUT2D eigenvalue weighted by atomic mass is 9.96. The van der Waals surface area contributed by atoms with E-state index < -0.39 is 0 Å². The molecule has 4 rings (SSSR count). The molecule has 0 aromatic carbocycles. The Hall–Kier alpha value is -2.28. The molecule has 0 radical (unpaired) electrons. The molecule has 7 heteroatoms. The first-order valence-electron chi connectivity index (χ1n) is 8.70. The number of hydrogen-bond donors (Lipinski definition) is 1. The van der Waals surface area contributed by atoms with Gasteiger partial charge in [0, 0.05) is 11.4 Å². The molecule has 0 bridgehead atoms. The summed E-state index contributed by atoms with van der Waals surface area (Å²) < 4.78 is 1.69. The van der Waals surface area contributed by atoms with Gasteiger partial charge in [-0.3, -0.25) is 4.79 Å². The Bertz CT molecular complexity index is 927. The second-order valence-corrected chi connectivity index (χ2v) is 7.71. The highest BCUT2D eigenvalue weighted by molar-refractivity contribution is 7.10. The van der Waals surface area contributed by atoms with Gasteiger partial charge < -0.3 is 5.32 Å². The largest absolute Gasteiger partial charge is 0.347 e. The number of nitrogens with one attached hydrogen (secondary N) is 1. The van der Waals surface area contributed by atoms with Gasteiger partial charge in [-0.1, -0.05) is 13.8 Å². The molecule has 0 unspecified atom stereocenters. The lowest BCUT2D eigenvalue weighted by Crippen LogP contribution is -2.25. The van der Waals surface area contributed by atoms with Crippen LogP contribution in [0.1, 0.15) is 64.8 Å². The molecule has 1 amide bonds. The number of carbonyl (C=O) groups excluding carboxylic acids is 1. The third kappa shape index (κ3) is 3.04. The lowest BCUT2D eigenvalue weighted by Gasteiger charge is -2.13. The van der Waals surface area contributed by atoms with Crippen LogP contribution in [-0.4, -0.2) is 25.5 Å². The molecule has 3 aromatic rings. The van der Waals surface area contributed by atoms with E-state index in [4.69, 9.17) is 0 Å². The summed E-state index contributed by atoms with van der Waals surface area (Å²) in [5, 5.41) is 9.40. The van der Waals surface area contributed by atoms with Gasteiger partial charge in [0.2, 0.25) is 0 Å². The van der Waals surface area contributed by atoms with Crippen molar-refractivity contribution in [1.82, 2.24) is 24.9 Å². The first-order valence-corrected chi connectivity index (χ1v) is 9.58. The second kappa shape index (κ2) is 6.55. The molecule has 0 saturated heterocycles. The van der Waals surface area contributed by atoms with Crippen molar-refractivity contribution in [1.29, 1.82) is 0 Å². The van der Waals surface area contributed by atoms with Crippen molar-refractivity contribution >= 4 is 23.0 Å². The summed E-state index contributed by atoms with van der Waals surface area (Å²) in [5.74, 6) is 0.523. The van der Waals surface area contributed by atoms with E-state index in [-0.39, 0.29) is 11.8 Å². The molecule has 1 aliphatic rings. The Morgan fingerprint density at radius 3 is 3.04 bits per heavy atom. The van der Waals surface area contributed by atoms with E-state index in [1.165, 1.54) is 41.6 Å². The number of rotatable bonds is 4. The summed E-state index contributed by atoms with van der Waals surface area (Å²) in [6, 6.07) is 1.81. The standard InChI is InChI=1S/C18H21N5OS/c1-11(2)15-7-14(22-18-20-10-21-23(15)18)17(24)19-8-12-9-25-16-6-4-3-5-13(12)16/h7,9-11H,3-6,8H2,1-2H3,(H,19,24). The molecule has 0 spiro atoms. The summed E-state index contributed by atoms with van der Waals surface area (Å²) in [5.41, 5.74) is 4.02. The lowest BCUT2D eigenvalue weighted by molar-refractivity contribution is 0.0945. The van der Waals surface area contributed by atoms with Crippen molar-refractivity contribution in [3.63, 3.8) is 0 Å². The summed E-state index contributed by atoms with van der Waals surface area (Å²) in [6.07, 6.45) is 6.29. The number of aryl methyl sites for hydroxylation is 1. The highest BCUT2D eigenvalue weighted by Crippen LogP contribution is 2.30. The van der Waals surface area contributed by atoms with E-state index in [0.29, 0.717) is 18.0 Å². The average molecular weight is 355 g/mol. The van der Waals surface area contributed by atoms with Gasteiger partial charge in [0.05, 0.1) is 5.69 Å². The predicted octanol–water partition coefficient (Wildman–Crippen LogP) is 3.12. The molecule has 0 fully saturated rings. The van der Waals surface area contributed by atoms with E-state index in [1.807, 2.05) is 17.4 Å². The molecule has 0 saturated carbocycles. The van der Waals surface area contributed by atoms with Crippen molar-refractivity contribution in [2.75, 3.05) is 0 Å². The Balaban J connectivity index is 1.55. The van der Waals surface area contributed by atoms with Crippen molar-refractivity contribution in [2.24, 2.45) is 0 Å². The smallest absolute Gasteiger partial charge is 0.270 e. The summed E-state index contributed by atoms with van der Waals surface area (Å²) in [7, 11) is 0. The molecule has 130 valence electrons. The van der Waals surface area contributed by atoms with E-state index >= 15 is 0 Å². The van der Waals surface area contributed by atoms with Crippen LogP contribution in [0, 0.1) is 0 Å². The fourth-order valence-corrected chi connectivity index (χ4v) is 4.49. The van der Waals surface area contributed by atoms with Gasteiger partial charge in [-0.05, 0) is 54.2 Å². The summed E-state index contributed by atoms with van der Waals surface area (Å²) in [6.45, 7) is 4.69. The van der Waals surface area contributed by atoms with Gasteiger partial charge >= 0.3 is 0 Å². The molecular formula is C18H21N5OS. The molecule has 3 aromatic heterocycles. The van der Waals surface area contributed by atoms with Crippen LogP contribution in [0.2, 0.25) is 0 Å². The van der Waals surface area contributed by atoms with E-state index in [1.54, 1.807) is 4.52 Å². The topological polar surface area (TPSA) is 72.2 Å². The quantitative estimate of drug-likeness (QED) is 0.780. The molecule has 0 atom stereocenters. The molecule has 0 aliphatic heterocycles. The van der Waals surface area contributed by atoms with Crippen molar-refractivity contribution in [3.8, 4) is 0 Å². The van der Waals surface area contributed by atoms with Gasteiger partial charge in [0.1, 0.15) is 12.0 Å². The zero-order chi connectivity index (χ0) is 17.4. The Labute approximate surface area is 150 Å². The Kier molecular flexibility index (Phi) is 4.25. The number of carbonyl (C=O) groups is 1. The van der Waals surface area contributed by atoms with Crippen LogP contribution >= 0.6 is 11.3 Å². The molecular weight excluding hydrogens is 334 g/mol. The second-order valence-electron chi connectivity index (χ2n) is 6.75. The Morgan fingerprint density at radius 1 is 1.36 bits per heavy atom. The SMILES string of the molecule is CC(C)c1cc(C(=O)NCc2csc3c2CCCC3)nc2ncnn12. The highest BCUT2D eigenvalue weighted by Gasteiger charge is 2.18. The zero-order valence-corrected chi connectivity index (χ0v) is 15.3. The minimum atomic E-state index is -0.164. The normalized spacial score (nSPS) is 14.0. The van der Waals surface area contributed by atoms with Crippen molar-refractivity contribution in [3.05, 3.63) is 45.2 Å². The zero-order valence-electron chi connectivity index (χ0n) is 14.5. The number of nitrogens with zero attached hydrogens (tertiary/aromatic N) is 4. The van der Waals surface area contributed by atoms with Crippen LogP contribution in [0.4, 0.5) is 0 Å². The first kappa shape index (κ1) is 16.2. The van der Waals surface area contributed by atoms with Gasteiger partial charge in [0.25, 0.3) is 11.7 Å². The van der Waals surface area contributed by atoms with Crippen LogP contribution < -0.4 is 5.32 Å². The molecule has 1 N–H and O–H groups in total. The first-order chi connectivity index (χ1) is 12.1. The maximum Gasteiger partial charge on any atom is 0.270 e. The predicted molar refractivity (Wildman–Crippen MR) is 97.0 cm³/mol. The van der Waals surface area contributed by atoms with E-state index in [2.05, 4.69) is 39.6 Å². The van der Waals surface area contributed by atoms with Crippen molar-refractivity contribution in [2.45, 2.75) is 52.0 Å². The molecule has 6 nitrogen and oxygen atoms in total. The van der Waals surface area contributed by atoms with E-state index in [0.717, 1.165) is 12.1 Å². The van der Waals surface area contributed by atoms with Crippen LogP contribution in [-0.2, 0) is 19.4 Å². The average Bonchev–Trinajstić information content (AvgIpc) is 3.25. The van der Waals surface area contributed by atoms with Gasteiger partial charge in [0.15, 0.2) is 0 Å². The monoisotopic (exact) mass is 355 g/mol. The van der Waals surface area contributed by atoms with E-state index in [9.17, 15) is 4.79 Å². The minimum absolute atomic E-state index is 0.164. The third-order valence-corrected chi connectivity index (χ3v) is 5.83. The Morgan fingerprint density at radius 2 is 2.20 bits per heavy atom. The fraction of sp³-hybridized carbons (Fsp3) is 0.444. The molecule has 1 aliphatic carbocycles. The summed E-state index contributed by atoms with van der Waals surface area (Å²) >= 11 is 1.82. The number of amides is 1. The maximum atomic E-state index is 12.6. The van der Waals surface area contributed by atoms with Crippen LogP contribution in [0.5, 0.6) is 0 Å². The van der Waals surface area contributed by atoms with Crippen LogP contribution in [0.25, 0.3) is 5.78 Å². The maximum absolute atomic E-state index is 12.6. The van der Waals surface area contributed by atoms with Crippen molar-refractivity contribution < 1.29 is 4.79 Å². The number of thiophene rings is 1. The van der Waals surface area contributed by atoms with Crippen LogP contribution in [0.3, 0.4) is 0 Å². The molecule has 3 heterocycles. The van der Waals surface area contributed by atoms with Gasteiger partial charge in [-0.25, -0.2) is 9.50 Å². The molecule has 25 heavy (non-hydrogen) atoms. The third-order valence-electron chi connectivity index (χ3n) is 4.69. The number of hydrogen-bond acceptors (Lipinski definition) is 5. The van der Waals surface area contributed by atoms with Crippen LogP contribution in [0.15, 0.2) is 17.8 Å². The summed E-state index contributed by atoms with van der Waals surface area (Å²) in [4.78, 5) is 22.6. The van der Waals surface area contributed by atoms with Gasteiger partial charge in [-0.15, -0.1) is 11.3 Å². The minimum Gasteiger partial charge on any atom is -0.347 e. The van der Waals surface area contributed by atoms with Gasteiger partial charge in [-0.2, -0.15) is 10.1 Å². The fourth-order valence-electron chi connectivity index (χ4n) is 3.34.